The van der Waals surface area contributed by atoms with Gasteiger partial charge in [-0.1, -0.05) is 0 Å². The average molecular weight is 379 g/mol. The van der Waals surface area contributed by atoms with E-state index in [1.54, 1.807) is 0 Å². The second-order valence-electron chi connectivity index (χ2n) is 5.79. The summed E-state index contributed by atoms with van der Waals surface area (Å²) in [4.78, 5) is 73.6. The minimum Gasteiger partial charge on any atom is -0.312 e. The second-order valence-corrected chi connectivity index (χ2v) is 5.79. The molecule has 1 aromatic rings. The van der Waals surface area contributed by atoms with Crippen molar-refractivity contribution >= 4 is 52.9 Å². The van der Waals surface area contributed by atoms with Crippen LogP contribution >= 0.6 is 0 Å². The first kappa shape index (κ1) is 18.6. The van der Waals surface area contributed by atoms with Crippen LogP contribution < -0.4 is 14.7 Å². The maximum absolute atomic E-state index is 12.2. The largest absolute Gasteiger partial charge is 0.312 e. The number of aldehydes is 1. The predicted octanol–water partition coefficient (Wildman–Crippen LogP) is 0.263. The molecule has 5 amide bonds. The second kappa shape index (κ2) is 7.23. The van der Waals surface area contributed by atoms with Crippen molar-refractivity contribution in [2.45, 2.75) is 0 Å². The molecule has 0 saturated heterocycles. The lowest BCUT2D eigenvalue weighted by molar-refractivity contribution is -0.121. The zero-order chi connectivity index (χ0) is 20.4. The van der Waals surface area contributed by atoms with E-state index in [4.69, 9.17) is 0 Å². The highest BCUT2D eigenvalue weighted by Gasteiger charge is 2.30. The molecular weight excluding hydrogens is 366 g/mol. The molecule has 1 aromatic carbocycles. The number of allylic oxidation sites excluding steroid dienone is 1. The molecule has 2 aliphatic heterocycles. The van der Waals surface area contributed by atoms with Gasteiger partial charge in [0.1, 0.15) is 6.29 Å². The van der Waals surface area contributed by atoms with Gasteiger partial charge in [0, 0.05) is 43.1 Å². The molecule has 0 saturated carbocycles. The molecule has 2 heterocycles. The Kier molecular flexibility index (Phi) is 4.82. The number of carbonyl (C=O) groups excluding carboxylic acids is 6. The fourth-order valence-electron chi connectivity index (χ4n) is 2.70. The summed E-state index contributed by atoms with van der Waals surface area (Å²) in [5.74, 6) is -2.95. The highest BCUT2D eigenvalue weighted by atomic mass is 16.2. The minimum absolute atomic E-state index is 0.0824. The van der Waals surface area contributed by atoms with Gasteiger partial charge in [-0.15, -0.1) is 0 Å². The van der Waals surface area contributed by atoms with Gasteiger partial charge in [-0.3, -0.25) is 28.8 Å². The monoisotopic (exact) mass is 379 g/mol. The predicted molar refractivity (Wildman–Crippen MR) is 98.3 cm³/mol. The van der Waals surface area contributed by atoms with Crippen LogP contribution in [0.5, 0.6) is 0 Å². The Morgan fingerprint density at radius 2 is 1.25 bits per heavy atom. The topological polar surface area (TPSA) is 112 Å². The van der Waals surface area contributed by atoms with Gasteiger partial charge in [0.25, 0.3) is 29.5 Å². The summed E-state index contributed by atoms with van der Waals surface area (Å²) in [6, 6.07) is 4.10. The van der Waals surface area contributed by atoms with Crippen molar-refractivity contribution in [3.63, 3.8) is 0 Å². The van der Waals surface area contributed by atoms with Gasteiger partial charge < -0.3 is 4.90 Å². The number of anilines is 3. The van der Waals surface area contributed by atoms with E-state index in [1.165, 1.54) is 25.2 Å². The quantitative estimate of drug-likeness (QED) is 0.412. The van der Waals surface area contributed by atoms with Crippen molar-refractivity contribution in [2.75, 3.05) is 21.7 Å². The third kappa shape index (κ3) is 3.28. The van der Waals surface area contributed by atoms with Gasteiger partial charge in [0.2, 0.25) is 0 Å². The summed E-state index contributed by atoms with van der Waals surface area (Å²) in [6.45, 7) is 0. The van der Waals surface area contributed by atoms with E-state index in [0.717, 1.165) is 51.2 Å². The van der Waals surface area contributed by atoms with Crippen LogP contribution in [0.1, 0.15) is 0 Å². The Morgan fingerprint density at radius 1 is 0.821 bits per heavy atom. The SMILES string of the molecule is CN(C(=O)/C=C\C=O)c1cc(N2C(=O)C=CC2=O)cc(N2C(=O)C=CC2=O)c1. The molecule has 140 valence electrons. The van der Waals surface area contributed by atoms with E-state index in [2.05, 4.69) is 0 Å². The average Bonchev–Trinajstić information content (AvgIpc) is 3.19. The summed E-state index contributed by atoms with van der Waals surface area (Å²) in [5.41, 5.74) is 0.367. The molecular formula is C19H13N3O6. The first-order chi connectivity index (χ1) is 13.3. The van der Waals surface area contributed by atoms with E-state index >= 15 is 0 Å². The van der Waals surface area contributed by atoms with Gasteiger partial charge >= 0.3 is 0 Å². The molecule has 9 nitrogen and oxygen atoms in total. The standard InChI is InChI=1S/C19H13N3O6/c1-20(15(24)3-2-8-23)12-9-13(21-16(25)4-5-17(21)26)11-14(10-12)22-18(27)6-7-19(22)28/h2-11H,1H3/b3-2-. The molecule has 0 aliphatic carbocycles. The van der Waals surface area contributed by atoms with Crippen LogP contribution in [-0.2, 0) is 28.8 Å². The minimum atomic E-state index is -0.597. The smallest absolute Gasteiger partial charge is 0.258 e. The Morgan fingerprint density at radius 3 is 1.64 bits per heavy atom. The first-order valence-electron chi connectivity index (χ1n) is 8.00. The van der Waals surface area contributed by atoms with Crippen molar-refractivity contribution in [3.05, 3.63) is 54.7 Å². The number of nitrogens with zero attached hydrogens (tertiary/aromatic N) is 3. The van der Waals surface area contributed by atoms with Crippen LogP contribution in [0.4, 0.5) is 17.1 Å². The molecule has 0 aromatic heterocycles. The molecule has 0 spiro atoms. The van der Waals surface area contributed by atoms with Gasteiger partial charge in [0.15, 0.2) is 0 Å². The third-order valence-electron chi connectivity index (χ3n) is 4.06. The molecule has 9 heteroatoms. The summed E-state index contributed by atoms with van der Waals surface area (Å²) in [5, 5.41) is 0. The van der Waals surface area contributed by atoms with Gasteiger partial charge in [-0.25, -0.2) is 9.80 Å². The van der Waals surface area contributed by atoms with Crippen LogP contribution in [0.2, 0.25) is 0 Å². The number of benzene rings is 1. The molecule has 0 radical (unpaired) electrons. The lowest BCUT2D eigenvalue weighted by Gasteiger charge is -2.23. The molecule has 3 rings (SSSR count). The number of imide groups is 2. The third-order valence-corrected chi connectivity index (χ3v) is 4.06. The maximum Gasteiger partial charge on any atom is 0.258 e. The van der Waals surface area contributed by atoms with Crippen LogP contribution in [0.15, 0.2) is 54.7 Å². The lowest BCUT2D eigenvalue weighted by Crippen LogP contribution is -2.33. The zero-order valence-electron chi connectivity index (χ0n) is 14.6. The van der Waals surface area contributed by atoms with Crippen molar-refractivity contribution in [1.29, 1.82) is 0 Å². The van der Waals surface area contributed by atoms with E-state index < -0.39 is 29.5 Å². The van der Waals surface area contributed by atoms with Crippen LogP contribution in [0, 0.1) is 0 Å². The van der Waals surface area contributed by atoms with Gasteiger partial charge in [-0.2, -0.15) is 0 Å². The fraction of sp³-hybridized carbons (Fsp3) is 0.0526. The van der Waals surface area contributed by atoms with E-state index in [1.807, 2.05) is 0 Å². The Hall–Kier alpha value is -4.14. The summed E-state index contributed by atoms with van der Waals surface area (Å²) in [6.07, 6.45) is 6.83. The van der Waals surface area contributed by atoms with Crippen molar-refractivity contribution in [3.8, 4) is 0 Å². The number of hydrogen-bond donors (Lipinski definition) is 0. The van der Waals surface area contributed by atoms with E-state index in [9.17, 15) is 28.8 Å². The zero-order valence-corrected chi connectivity index (χ0v) is 14.6. The van der Waals surface area contributed by atoms with Crippen LogP contribution in [-0.4, -0.2) is 42.9 Å². The summed E-state index contributed by atoms with van der Waals surface area (Å²) in [7, 11) is 1.40. The van der Waals surface area contributed by atoms with Gasteiger partial charge in [-0.05, 0) is 24.3 Å². The summed E-state index contributed by atoms with van der Waals surface area (Å²) < 4.78 is 0. The van der Waals surface area contributed by atoms with Crippen molar-refractivity contribution < 1.29 is 28.8 Å². The molecule has 2 aliphatic rings. The number of amides is 5. The summed E-state index contributed by atoms with van der Waals surface area (Å²) >= 11 is 0. The molecule has 28 heavy (non-hydrogen) atoms. The Bertz CT molecular complexity index is 924. The molecule has 0 fully saturated rings. The number of hydrogen-bond acceptors (Lipinski definition) is 6. The highest BCUT2D eigenvalue weighted by Crippen LogP contribution is 2.32. The maximum atomic E-state index is 12.2. The molecule has 0 atom stereocenters. The molecule has 0 unspecified atom stereocenters. The first-order valence-corrected chi connectivity index (χ1v) is 8.00. The van der Waals surface area contributed by atoms with Crippen molar-refractivity contribution in [2.24, 2.45) is 0 Å². The number of likely N-dealkylation sites (N-methyl/N-ethyl adjacent to an activating group) is 1. The van der Waals surface area contributed by atoms with E-state index in [-0.39, 0.29) is 17.1 Å². The van der Waals surface area contributed by atoms with Gasteiger partial charge in [0.05, 0.1) is 11.4 Å². The lowest BCUT2D eigenvalue weighted by atomic mass is 10.2. The van der Waals surface area contributed by atoms with E-state index in [0.29, 0.717) is 6.29 Å². The van der Waals surface area contributed by atoms with Crippen LogP contribution in [0.25, 0.3) is 0 Å². The number of carbonyl (C=O) groups is 6. The molecule has 0 N–H and O–H groups in total. The van der Waals surface area contributed by atoms with Crippen molar-refractivity contribution in [1.82, 2.24) is 0 Å². The number of rotatable bonds is 5. The normalized spacial score (nSPS) is 16.0. The Labute approximate surface area is 158 Å². The fourth-order valence-corrected chi connectivity index (χ4v) is 2.70. The Balaban J connectivity index is 2.10. The van der Waals surface area contributed by atoms with Crippen LogP contribution in [0.3, 0.4) is 0 Å². The highest BCUT2D eigenvalue weighted by molar-refractivity contribution is 6.30. The molecule has 0 bridgehead atoms.